The third kappa shape index (κ3) is 4.77. The minimum absolute atomic E-state index is 0.284. The van der Waals surface area contributed by atoms with Gasteiger partial charge in [-0.15, -0.1) is 0 Å². The predicted molar refractivity (Wildman–Crippen MR) is 119 cm³/mol. The average Bonchev–Trinajstić information content (AvgIpc) is 3.09. The molecule has 0 amide bonds. The molecule has 2 aromatic carbocycles. The van der Waals surface area contributed by atoms with Crippen molar-refractivity contribution in [3.8, 4) is 11.4 Å². The molecule has 1 aromatic heterocycles. The summed E-state index contributed by atoms with van der Waals surface area (Å²) in [6.45, 7) is 6.64. The number of aryl methyl sites for hydroxylation is 1. The van der Waals surface area contributed by atoms with Crippen LogP contribution in [0.2, 0.25) is 10.0 Å². The quantitative estimate of drug-likeness (QED) is 0.386. The van der Waals surface area contributed by atoms with E-state index in [1.807, 2.05) is 43.5 Å². The molecule has 0 fully saturated rings. The van der Waals surface area contributed by atoms with E-state index >= 15 is 0 Å². The second-order valence-corrected chi connectivity index (χ2v) is 7.84. The first-order valence-electron chi connectivity index (χ1n) is 9.36. The highest BCUT2D eigenvalue weighted by Crippen LogP contribution is 2.32. The monoisotopic (exact) mass is 430 g/mol. The van der Waals surface area contributed by atoms with Crippen molar-refractivity contribution in [1.29, 1.82) is 0 Å². The average molecular weight is 431 g/mol. The first kappa shape index (κ1) is 21.3. The van der Waals surface area contributed by atoms with E-state index in [2.05, 4.69) is 18.9 Å². The van der Waals surface area contributed by atoms with Gasteiger partial charge in [-0.1, -0.05) is 49.2 Å². The van der Waals surface area contributed by atoms with Gasteiger partial charge in [0.25, 0.3) is 0 Å². The fourth-order valence-electron chi connectivity index (χ4n) is 3.12. The van der Waals surface area contributed by atoms with Crippen LogP contribution in [0.4, 0.5) is 0 Å². The van der Waals surface area contributed by atoms with E-state index in [0.717, 1.165) is 28.1 Å². The van der Waals surface area contributed by atoms with Gasteiger partial charge in [-0.3, -0.25) is 0 Å². The number of ether oxygens (including phenoxy) is 2. The molecule has 0 atom stereocenters. The van der Waals surface area contributed by atoms with Crippen LogP contribution >= 0.6 is 23.2 Å². The van der Waals surface area contributed by atoms with Crippen LogP contribution in [0.1, 0.15) is 42.1 Å². The predicted octanol–water partition coefficient (Wildman–Crippen LogP) is 6.81. The fraction of sp³-hybridized carbons (Fsp3) is 0.261. The number of hydrogen-bond acceptors (Lipinski definition) is 3. The number of halogens is 2. The van der Waals surface area contributed by atoms with E-state index in [1.165, 1.54) is 0 Å². The summed E-state index contributed by atoms with van der Waals surface area (Å²) in [4.78, 5) is 0. The number of rotatable bonds is 7. The van der Waals surface area contributed by atoms with E-state index in [1.54, 1.807) is 30.2 Å². The van der Waals surface area contributed by atoms with Gasteiger partial charge >= 0.3 is 0 Å². The Bertz CT molecular complexity index is 1010. The van der Waals surface area contributed by atoms with E-state index in [4.69, 9.17) is 32.7 Å². The maximum absolute atomic E-state index is 6.42. The Hall–Kier alpha value is -2.43. The zero-order chi connectivity index (χ0) is 21.0. The molecule has 152 valence electrons. The van der Waals surface area contributed by atoms with Crippen LogP contribution in [0.25, 0.3) is 11.8 Å². The van der Waals surface area contributed by atoms with Crippen LogP contribution in [0.15, 0.2) is 48.9 Å². The molecule has 29 heavy (non-hydrogen) atoms. The van der Waals surface area contributed by atoms with Crippen LogP contribution in [0.5, 0.6) is 5.75 Å². The van der Waals surface area contributed by atoms with Crippen molar-refractivity contribution >= 4 is 29.3 Å². The summed E-state index contributed by atoms with van der Waals surface area (Å²) in [5.41, 5.74) is 4.86. The Morgan fingerprint density at radius 2 is 1.86 bits per heavy atom. The number of benzene rings is 2. The maximum atomic E-state index is 6.42. The molecular formula is C23H24Cl2N2O2. The molecule has 0 spiro atoms. The van der Waals surface area contributed by atoms with E-state index in [0.29, 0.717) is 22.3 Å². The van der Waals surface area contributed by atoms with Gasteiger partial charge in [0.05, 0.1) is 35.3 Å². The normalized spacial score (nSPS) is 11.4. The van der Waals surface area contributed by atoms with Crippen LogP contribution in [0.3, 0.4) is 0 Å². The molecule has 0 aliphatic carbocycles. The number of methoxy groups -OCH3 is 1. The van der Waals surface area contributed by atoms with Crippen molar-refractivity contribution in [3.05, 3.63) is 81.3 Å². The third-order valence-corrected chi connectivity index (χ3v) is 5.28. The SMILES string of the molecule is COC=Cc1ccc(OCc2c(C(C)C)cnn2-c2c(Cl)cccc2Cl)cc1C. The van der Waals surface area contributed by atoms with Crippen molar-refractivity contribution in [2.45, 2.75) is 33.3 Å². The Kier molecular flexibility index (Phi) is 6.88. The van der Waals surface area contributed by atoms with E-state index in [-0.39, 0.29) is 5.92 Å². The second kappa shape index (κ2) is 9.38. The van der Waals surface area contributed by atoms with Crippen LogP contribution in [-0.4, -0.2) is 16.9 Å². The van der Waals surface area contributed by atoms with Gasteiger partial charge in [0, 0.05) is 0 Å². The molecule has 0 radical (unpaired) electrons. The topological polar surface area (TPSA) is 36.3 Å². The smallest absolute Gasteiger partial charge is 0.131 e. The molecule has 1 heterocycles. The largest absolute Gasteiger partial charge is 0.504 e. The highest BCUT2D eigenvalue weighted by atomic mass is 35.5. The van der Waals surface area contributed by atoms with Crippen molar-refractivity contribution in [2.75, 3.05) is 7.11 Å². The van der Waals surface area contributed by atoms with Crippen molar-refractivity contribution < 1.29 is 9.47 Å². The summed E-state index contributed by atoms with van der Waals surface area (Å²) in [5.74, 6) is 1.07. The second-order valence-electron chi connectivity index (χ2n) is 7.03. The van der Waals surface area contributed by atoms with Crippen LogP contribution < -0.4 is 4.74 Å². The van der Waals surface area contributed by atoms with Gasteiger partial charge in [-0.05, 0) is 59.9 Å². The van der Waals surface area contributed by atoms with Gasteiger partial charge in [-0.25, -0.2) is 4.68 Å². The molecule has 0 aliphatic heterocycles. The summed E-state index contributed by atoms with van der Waals surface area (Å²) < 4.78 is 12.9. The molecule has 0 saturated heterocycles. The van der Waals surface area contributed by atoms with Crippen LogP contribution in [-0.2, 0) is 11.3 Å². The molecule has 3 aromatic rings. The minimum atomic E-state index is 0.284. The van der Waals surface area contributed by atoms with Crippen molar-refractivity contribution in [3.63, 3.8) is 0 Å². The van der Waals surface area contributed by atoms with E-state index < -0.39 is 0 Å². The Balaban J connectivity index is 1.92. The number of hydrogen-bond donors (Lipinski definition) is 0. The number of para-hydroxylation sites is 1. The van der Waals surface area contributed by atoms with Crippen molar-refractivity contribution in [1.82, 2.24) is 9.78 Å². The highest BCUT2D eigenvalue weighted by Gasteiger charge is 2.19. The molecule has 0 N–H and O–H groups in total. The minimum Gasteiger partial charge on any atom is -0.504 e. The van der Waals surface area contributed by atoms with Gasteiger partial charge in [0.2, 0.25) is 0 Å². The Labute approximate surface area is 181 Å². The molecule has 6 heteroatoms. The summed E-state index contributed by atoms with van der Waals surface area (Å²) in [5, 5.41) is 5.64. The molecule has 0 saturated carbocycles. The lowest BCUT2D eigenvalue weighted by atomic mass is 10.0. The van der Waals surface area contributed by atoms with Crippen molar-refractivity contribution in [2.24, 2.45) is 0 Å². The standard InChI is InChI=1S/C23H24Cl2N2O2/c1-15(2)19-13-26-27(23-20(24)6-5-7-21(23)25)22(19)14-29-18-9-8-17(10-11-28-4)16(3)12-18/h5-13,15H,14H2,1-4H3. The third-order valence-electron chi connectivity index (χ3n) is 4.67. The molecule has 3 rings (SSSR count). The van der Waals surface area contributed by atoms with Gasteiger partial charge in [0.1, 0.15) is 18.0 Å². The summed E-state index contributed by atoms with van der Waals surface area (Å²) in [6, 6.07) is 11.4. The first-order valence-corrected chi connectivity index (χ1v) is 10.1. The lowest BCUT2D eigenvalue weighted by Crippen LogP contribution is -2.09. The zero-order valence-electron chi connectivity index (χ0n) is 16.9. The van der Waals surface area contributed by atoms with Crippen LogP contribution in [0, 0.1) is 6.92 Å². The Morgan fingerprint density at radius 3 is 2.48 bits per heavy atom. The maximum Gasteiger partial charge on any atom is 0.131 e. The Morgan fingerprint density at radius 1 is 1.14 bits per heavy atom. The molecule has 0 aliphatic rings. The summed E-state index contributed by atoms with van der Waals surface area (Å²) in [7, 11) is 1.63. The zero-order valence-corrected chi connectivity index (χ0v) is 18.5. The first-order chi connectivity index (χ1) is 13.9. The highest BCUT2D eigenvalue weighted by molar-refractivity contribution is 6.37. The summed E-state index contributed by atoms with van der Waals surface area (Å²) in [6.07, 6.45) is 5.43. The fourth-order valence-corrected chi connectivity index (χ4v) is 3.67. The number of nitrogens with zero attached hydrogens (tertiary/aromatic N) is 2. The van der Waals surface area contributed by atoms with Gasteiger partial charge in [-0.2, -0.15) is 5.10 Å². The van der Waals surface area contributed by atoms with Gasteiger partial charge in [0.15, 0.2) is 0 Å². The van der Waals surface area contributed by atoms with Gasteiger partial charge < -0.3 is 9.47 Å². The molecule has 0 bridgehead atoms. The molecule has 0 unspecified atom stereocenters. The number of aromatic nitrogens is 2. The molecule has 4 nitrogen and oxygen atoms in total. The summed E-state index contributed by atoms with van der Waals surface area (Å²) >= 11 is 12.8. The lowest BCUT2D eigenvalue weighted by Gasteiger charge is -2.15. The molecular weight excluding hydrogens is 407 g/mol. The lowest BCUT2D eigenvalue weighted by molar-refractivity contribution is 0.295. The van der Waals surface area contributed by atoms with E-state index in [9.17, 15) is 0 Å².